The first-order chi connectivity index (χ1) is 13.0. The zero-order valence-corrected chi connectivity index (χ0v) is 17.3. The molecule has 5 heteroatoms. The fraction of sp³-hybridized carbons (Fsp3) is 0.348. The highest BCUT2D eigenvalue weighted by Gasteiger charge is 2.27. The van der Waals surface area contributed by atoms with E-state index < -0.39 is 0 Å². The van der Waals surface area contributed by atoms with Crippen molar-refractivity contribution in [2.24, 2.45) is 10.2 Å². The number of anilines is 1. The van der Waals surface area contributed by atoms with Gasteiger partial charge in [-0.05, 0) is 34.6 Å². The Balaban J connectivity index is 2.02. The van der Waals surface area contributed by atoms with Gasteiger partial charge < -0.3 is 10.4 Å². The summed E-state index contributed by atoms with van der Waals surface area (Å²) in [6, 6.07) is 11.3. The molecule has 2 N–H and O–H groups in total. The van der Waals surface area contributed by atoms with Crippen molar-refractivity contribution < 1.29 is 9.90 Å². The molecule has 0 aromatic heterocycles. The third-order valence-corrected chi connectivity index (χ3v) is 4.76. The first-order valence-electron chi connectivity index (χ1n) is 9.38. The number of amides is 1. The molecule has 0 atom stereocenters. The van der Waals surface area contributed by atoms with E-state index in [0.29, 0.717) is 11.5 Å². The summed E-state index contributed by atoms with van der Waals surface area (Å²) >= 11 is 0. The molecule has 1 aliphatic rings. The monoisotopic (exact) mass is 377 g/mol. The topological polar surface area (TPSA) is 74.0 Å². The lowest BCUT2D eigenvalue weighted by Crippen LogP contribution is -2.17. The van der Waals surface area contributed by atoms with Crippen LogP contribution in [-0.2, 0) is 15.6 Å². The fourth-order valence-electron chi connectivity index (χ4n) is 3.23. The Kier molecular flexibility index (Phi) is 4.88. The SMILES string of the molecule is CC(C)(C)c1cc(C=NN=C2C(=O)Nc3ccccc32)cc(C(C)(C)C)c1O. The number of hydrogen-bond donors (Lipinski definition) is 2. The molecule has 0 spiro atoms. The van der Waals surface area contributed by atoms with E-state index in [-0.39, 0.29) is 16.7 Å². The first kappa shape index (κ1) is 19.8. The second-order valence-corrected chi connectivity index (χ2v) is 9.16. The van der Waals surface area contributed by atoms with Crippen LogP contribution >= 0.6 is 0 Å². The van der Waals surface area contributed by atoms with Crippen molar-refractivity contribution in [3.8, 4) is 5.75 Å². The van der Waals surface area contributed by atoms with Crippen molar-refractivity contribution in [3.05, 3.63) is 58.7 Å². The van der Waals surface area contributed by atoms with Crippen molar-refractivity contribution in [2.45, 2.75) is 52.4 Å². The van der Waals surface area contributed by atoms with Crippen molar-refractivity contribution in [1.29, 1.82) is 0 Å². The van der Waals surface area contributed by atoms with Crippen LogP contribution < -0.4 is 5.32 Å². The molecule has 28 heavy (non-hydrogen) atoms. The Morgan fingerprint density at radius 1 is 0.964 bits per heavy atom. The Bertz CT molecular complexity index is 955. The van der Waals surface area contributed by atoms with Crippen LogP contribution in [0.5, 0.6) is 5.75 Å². The lowest BCUT2D eigenvalue weighted by Gasteiger charge is -2.27. The molecule has 0 aliphatic carbocycles. The summed E-state index contributed by atoms with van der Waals surface area (Å²) in [4.78, 5) is 12.1. The molecule has 1 aliphatic heterocycles. The summed E-state index contributed by atoms with van der Waals surface area (Å²) in [6.07, 6.45) is 1.63. The van der Waals surface area contributed by atoms with Gasteiger partial charge in [0.2, 0.25) is 0 Å². The number of nitrogens with zero attached hydrogens (tertiary/aromatic N) is 2. The highest BCUT2D eigenvalue weighted by Crippen LogP contribution is 2.39. The molecule has 0 fully saturated rings. The van der Waals surface area contributed by atoms with Crippen LogP contribution in [0, 0.1) is 0 Å². The van der Waals surface area contributed by atoms with Gasteiger partial charge in [0.1, 0.15) is 5.75 Å². The number of rotatable bonds is 2. The number of nitrogens with one attached hydrogen (secondary N) is 1. The van der Waals surface area contributed by atoms with Gasteiger partial charge in [-0.2, -0.15) is 5.10 Å². The van der Waals surface area contributed by atoms with Crippen LogP contribution in [0.1, 0.15) is 63.8 Å². The van der Waals surface area contributed by atoms with Crippen LogP contribution in [0.3, 0.4) is 0 Å². The largest absolute Gasteiger partial charge is 0.507 e. The van der Waals surface area contributed by atoms with Gasteiger partial charge in [-0.15, -0.1) is 5.10 Å². The van der Waals surface area contributed by atoms with E-state index in [9.17, 15) is 9.90 Å². The Labute approximate surface area is 166 Å². The van der Waals surface area contributed by atoms with Crippen LogP contribution in [0.25, 0.3) is 0 Å². The normalized spacial score (nSPS) is 15.9. The van der Waals surface area contributed by atoms with Gasteiger partial charge in [0.05, 0.1) is 11.9 Å². The second kappa shape index (κ2) is 6.89. The van der Waals surface area contributed by atoms with E-state index in [0.717, 1.165) is 27.9 Å². The van der Waals surface area contributed by atoms with Crippen molar-refractivity contribution in [1.82, 2.24) is 0 Å². The summed E-state index contributed by atoms with van der Waals surface area (Å²) in [6.45, 7) is 12.4. The van der Waals surface area contributed by atoms with Crippen molar-refractivity contribution in [3.63, 3.8) is 0 Å². The summed E-state index contributed by atoms with van der Waals surface area (Å²) in [5.74, 6) is 0.0716. The van der Waals surface area contributed by atoms with E-state index in [1.54, 1.807) is 6.21 Å². The maximum absolute atomic E-state index is 12.1. The number of aromatic hydroxyl groups is 1. The van der Waals surface area contributed by atoms with E-state index in [1.165, 1.54) is 0 Å². The molecule has 2 aromatic carbocycles. The summed E-state index contributed by atoms with van der Waals surface area (Å²) in [7, 11) is 0. The maximum atomic E-state index is 12.1. The predicted molar refractivity (Wildman–Crippen MR) is 115 cm³/mol. The summed E-state index contributed by atoms with van der Waals surface area (Å²) in [5.41, 5.74) is 3.92. The van der Waals surface area contributed by atoms with E-state index in [2.05, 4.69) is 57.1 Å². The third-order valence-electron chi connectivity index (χ3n) is 4.76. The van der Waals surface area contributed by atoms with Gasteiger partial charge in [-0.25, -0.2) is 0 Å². The lowest BCUT2D eigenvalue weighted by molar-refractivity contribution is -0.110. The minimum Gasteiger partial charge on any atom is -0.507 e. The van der Waals surface area contributed by atoms with Crippen molar-refractivity contribution in [2.75, 3.05) is 5.32 Å². The zero-order valence-electron chi connectivity index (χ0n) is 17.3. The first-order valence-corrected chi connectivity index (χ1v) is 9.38. The minimum absolute atomic E-state index is 0.218. The van der Waals surface area contributed by atoms with Gasteiger partial charge in [0.15, 0.2) is 5.71 Å². The molecule has 5 nitrogen and oxygen atoms in total. The number of phenolic OH excluding ortho intramolecular Hbond substituents is 1. The van der Waals surface area contributed by atoms with Crippen LogP contribution in [0.15, 0.2) is 46.6 Å². The van der Waals surface area contributed by atoms with Crippen molar-refractivity contribution >= 4 is 23.5 Å². The minimum atomic E-state index is -0.255. The molecule has 0 unspecified atom stereocenters. The number of phenols is 1. The second-order valence-electron chi connectivity index (χ2n) is 9.16. The van der Waals surface area contributed by atoms with E-state index in [1.807, 2.05) is 36.4 Å². The number of carbonyl (C=O) groups is 1. The van der Waals surface area contributed by atoms with Gasteiger partial charge in [0.25, 0.3) is 5.91 Å². The van der Waals surface area contributed by atoms with Gasteiger partial charge >= 0.3 is 0 Å². The summed E-state index contributed by atoms with van der Waals surface area (Å²) in [5, 5.41) is 21.9. The Morgan fingerprint density at radius 3 is 2.11 bits per heavy atom. The van der Waals surface area contributed by atoms with Gasteiger partial charge in [-0.1, -0.05) is 59.7 Å². The number of hydrogen-bond acceptors (Lipinski definition) is 4. The molecule has 1 heterocycles. The van der Waals surface area contributed by atoms with Gasteiger partial charge in [0, 0.05) is 16.7 Å². The zero-order chi connectivity index (χ0) is 20.7. The average molecular weight is 377 g/mol. The molecular weight excluding hydrogens is 350 g/mol. The highest BCUT2D eigenvalue weighted by atomic mass is 16.3. The molecule has 146 valence electrons. The van der Waals surface area contributed by atoms with Crippen LogP contribution in [0.4, 0.5) is 5.69 Å². The molecule has 3 rings (SSSR count). The number of fused-ring (bicyclic) bond motifs is 1. The van der Waals surface area contributed by atoms with Crippen LogP contribution in [0.2, 0.25) is 0 Å². The number of benzene rings is 2. The highest BCUT2D eigenvalue weighted by molar-refractivity contribution is 6.53. The molecule has 0 bridgehead atoms. The number of para-hydroxylation sites is 1. The third kappa shape index (κ3) is 3.84. The maximum Gasteiger partial charge on any atom is 0.276 e. The van der Waals surface area contributed by atoms with E-state index in [4.69, 9.17) is 0 Å². The average Bonchev–Trinajstić information content (AvgIpc) is 2.89. The smallest absolute Gasteiger partial charge is 0.276 e. The number of carbonyl (C=O) groups excluding carboxylic acids is 1. The quantitative estimate of drug-likeness (QED) is 0.585. The standard InChI is InChI=1S/C23H27N3O2/c1-22(2,3)16-11-14(12-17(20(16)27)23(4,5)6)13-24-26-19-15-9-7-8-10-18(15)25-21(19)28/h7-13,27H,1-6H3,(H,25,26,28). The molecule has 1 amide bonds. The Hall–Kier alpha value is -2.95. The molecule has 2 aromatic rings. The summed E-state index contributed by atoms with van der Waals surface area (Å²) < 4.78 is 0. The molecular formula is C23H27N3O2. The fourth-order valence-corrected chi connectivity index (χ4v) is 3.23. The lowest BCUT2D eigenvalue weighted by atomic mass is 9.78. The van der Waals surface area contributed by atoms with E-state index >= 15 is 0 Å². The molecule has 0 radical (unpaired) electrons. The molecule has 0 saturated carbocycles. The van der Waals surface area contributed by atoms with Gasteiger partial charge in [-0.3, -0.25) is 4.79 Å². The van der Waals surface area contributed by atoms with Crippen LogP contribution in [-0.4, -0.2) is 22.9 Å². The Morgan fingerprint density at radius 2 is 1.54 bits per heavy atom. The predicted octanol–water partition coefficient (Wildman–Crippen LogP) is 4.76. The molecule has 0 saturated heterocycles.